The third kappa shape index (κ3) is 5.19. The molecular weight excluding hydrogens is 274 g/mol. The van der Waals surface area contributed by atoms with Gasteiger partial charge in [-0.05, 0) is 32.0 Å². The minimum Gasteiger partial charge on any atom is -0.336 e. The molecule has 0 aromatic heterocycles. The van der Waals surface area contributed by atoms with Crippen molar-refractivity contribution in [2.24, 2.45) is 0 Å². The van der Waals surface area contributed by atoms with Gasteiger partial charge in [0.25, 0.3) is 0 Å². The number of hydrogen-bond acceptors (Lipinski definition) is 2. The van der Waals surface area contributed by atoms with Gasteiger partial charge in [0.05, 0.1) is 0 Å². The van der Waals surface area contributed by atoms with E-state index >= 15 is 0 Å². The van der Waals surface area contributed by atoms with Crippen molar-refractivity contribution in [3.8, 4) is 0 Å². The van der Waals surface area contributed by atoms with Crippen LogP contribution < -0.4 is 5.32 Å². The van der Waals surface area contributed by atoms with Crippen LogP contribution in [0.3, 0.4) is 0 Å². The summed E-state index contributed by atoms with van der Waals surface area (Å²) < 4.78 is 0. The Morgan fingerprint density at radius 2 is 2.14 bits per heavy atom. The van der Waals surface area contributed by atoms with Crippen LogP contribution in [0, 0.1) is 0 Å². The Kier molecular flexibility index (Phi) is 6.46. The minimum atomic E-state index is -0.00307. The highest BCUT2D eigenvalue weighted by atomic mass is 16.2. The first-order valence-electron chi connectivity index (χ1n) is 8.07. The molecule has 2 amide bonds. The SMILES string of the molecule is CN(C/C=C/c1ccccc1)C(=O)NC[C@H]1CCCCN1C. The molecule has 22 heavy (non-hydrogen) atoms. The summed E-state index contributed by atoms with van der Waals surface area (Å²) in [5.41, 5.74) is 1.15. The Balaban J connectivity index is 1.71. The van der Waals surface area contributed by atoms with Crippen molar-refractivity contribution in [3.05, 3.63) is 42.0 Å². The number of likely N-dealkylation sites (tertiary alicyclic amines) is 1. The maximum Gasteiger partial charge on any atom is 0.317 e. The van der Waals surface area contributed by atoms with E-state index in [2.05, 4.69) is 29.4 Å². The van der Waals surface area contributed by atoms with Gasteiger partial charge in [0.1, 0.15) is 0 Å². The molecule has 0 unspecified atom stereocenters. The monoisotopic (exact) mass is 301 g/mol. The highest BCUT2D eigenvalue weighted by Gasteiger charge is 2.19. The van der Waals surface area contributed by atoms with Crippen LogP contribution in [-0.4, -0.2) is 55.6 Å². The average molecular weight is 301 g/mol. The summed E-state index contributed by atoms with van der Waals surface area (Å²) in [6.07, 6.45) is 7.76. The molecule has 120 valence electrons. The van der Waals surface area contributed by atoms with E-state index in [1.54, 1.807) is 4.90 Å². The summed E-state index contributed by atoms with van der Waals surface area (Å²) in [7, 11) is 3.97. The quantitative estimate of drug-likeness (QED) is 0.908. The zero-order valence-electron chi connectivity index (χ0n) is 13.7. The van der Waals surface area contributed by atoms with Crippen molar-refractivity contribution in [3.63, 3.8) is 0 Å². The van der Waals surface area contributed by atoms with E-state index in [9.17, 15) is 4.79 Å². The number of likely N-dealkylation sites (N-methyl/N-ethyl adjacent to an activating group) is 2. The third-order valence-corrected chi connectivity index (χ3v) is 4.25. The van der Waals surface area contributed by atoms with E-state index in [0.29, 0.717) is 12.6 Å². The topological polar surface area (TPSA) is 35.6 Å². The predicted molar refractivity (Wildman–Crippen MR) is 91.8 cm³/mol. The Hall–Kier alpha value is -1.81. The highest BCUT2D eigenvalue weighted by Crippen LogP contribution is 2.13. The second kappa shape index (κ2) is 8.59. The van der Waals surface area contributed by atoms with Gasteiger partial charge in [-0.3, -0.25) is 0 Å². The molecule has 0 spiro atoms. The first kappa shape index (κ1) is 16.6. The molecule has 1 aromatic rings. The molecule has 2 rings (SSSR count). The molecule has 1 heterocycles. The number of carbonyl (C=O) groups excluding carboxylic acids is 1. The van der Waals surface area contributed by atoms with E-state index in [-0.39, 0.29) is 6.03 Å². The van der Waals surface area contributed by atoms with Crippen molar-refractivity contribution in [2.75, 3.05) is 33.7 Å². The van der Waals surface area contributed by atoms with Gasteiger partial charge < -0.3 is 15.1 Å². The van der Waals surface area contributed by atoms with E-state index in [1.165, 1.54) is 19.3 Å². The summed E-state index contributed by atoms with van der Waals surface area (Å²) in [5, 5.41) is 3.04. The number of urea groups is 1. The van der Waals surface area contributed by atoms with Crippen LogP contribution in [0.15, 0.2) is 36.4 Å². The largest absolute Gasteiger partial charge is 0.336 e. The van der Waals surface area contributed by atoms with Gasteiger partial charge in [-0.2, -0.15) is 0 Å². The molecule has 1 aromatic carbocycles. The molecule has 0 radical (unpaired) electrons. The molecule has 4 nitrogen and oxygen atoms in total. The molecule has 0 aliphatic carbocycles. The highest BCUT2D eigenvalue weighted by molar-refractivity contribution is 5.74. The summed E-state index contributed by atoms with van der Waals surface area (Å²) in [5.74, 6) is 0. The first-order chi connectivity index (χ1) is 10.7. The number of benzene rings is 1. The second-order valence-electron chi connectivity index (χ2n) is 6.01. The maximum absolute atomic E-state index is 12.1. The van der Waals surface area contributed by atoms with E-state index < -0.39 is 0 Å². The number of nitrogens with one attached hydrogen (secondary N) is 1. The first-order valence-corrected chi connectivity index (χ1v) is 8.07. The number of amides is 2. The number of carbonyl (C=O) groups is 1. The number of piperidine rings is 1. The Labute approximate surface area is 133 Å². The van der Waals surface area contributed by atoms with Crippen molar-refractivity contribution in [1.29, 1.82) is 0 Å². The van der Waals surface area contributed by atoms with E-state index in [4.69, 9.17) is 0 Å². The lowest BCUT2D eigenvalue weighted by atomic mass is 10.0. The Bertz CT molecular complexity index is 486. The van der Waals surface area contributed by atoms with Crippen molar-refractivity contribution >= 4 is 12.1 Å². The molecule has 1 N–H and O–H groups in total. The van der Waals surface area contributed by atoms with Crippen LogP contribution >= 0.6 is 0 Å². The van der Waals surface area contributed by atoms with Gasteiger partial charge in [0.2, 0.25) is 0 Å². The Morgan fingerprint density at radius 3 is 2.86 bits per heavy atom. The minimum absolute atomic E-state index is 0.00307. The number of rotatable bonds is 5. The standard InChI is InChI=1S/C18H27N3O/c1-20-13-7-6-12-17(20)15-19-18(22)21(2)14-8-11-16-9-4-3-5-10-16/h3-5,8-11,17H,6-7,12-15H2,1-2H3,(H,19,22)/b11-8+/t17-/m1/s1. The molecule has 1 atom stereocenters. The van der Waals surface area contributed by atoms with Gasteiger partial charge in [0.15, 0.2) is 0 Å². The molecule has 0 saturated carbocycles. The van der Waals surface area contributed by atoms with E-state index in [1.807, 2.05) is 37.4 Å². The maximum atomic E-state index is 12.1. The molecule has 1 aliphatic heterocycles. The zero-order valence-corrected chi connectivity index (χ0v) is 13.7. The van der Waals surface area contributed by atoms with Crippen molar-refractivity contribution in [1.82, 2.24) is 15.1 Å². The van der Waals surface area contributed by atoms with Gasteiger partial charge in [-0.15, -0.1) is 0 Å². The third-order valence-electron chi connectivity index (χ3n) is 4.25. The fourth-order valence-corrected chi connectivity index (χ4v) is 2.74. The molecule has 4 heteroatoms. The second-order valence-corrected chi connectivity index (χ2v) is 6.01. The lowest BCUT2D eigenvalue weighted by Gasteiger charge is -2.32. The van der Waals surface area contributed by atoms with Crippen LogP contribution in [0.1, 0.15) is 24.8 Å². The molecule has 1 saturated heterocycles. The predicted octanol–water partition coefficient (Wildman–Crippen LogP) is 2.83. The molecule has 1 aliphatic rings. The van der Waals surface area contributed by atoms with Crippen LogP contribution in [0.25, 0.3) is 6.08 Å². The molecular formula is C18H27N3O. The van der Waals surface area contributed by atoms with Crippen molar-refractivity contribution < 1.29 is 4.79 Å². The summed E-state index contributed by atoms with van der Waals surface area (Å²) in [6, 6.07) is 10.6. The Morgan fingerprint density at radius 1 is 1.36 bits per heavy atom. The zero-order chi connectivity index (χ0) is 15.8. The van der Waals surface area contributed by atoms with Crippen molar-refractivity contribution in [2.45, 2.75) is 25.3 Å². The summed E-state index contributed by atoms with van der Waals surface area (Å²) >= 11 is 0. The van der Waals surface area contributed by atoms with Gasteiger partial charge in [0, 0.05) is 26.2 Å². The van der Waals surface area contributed by atoms with Crippen LogP contribution in [0.4, 0.5) is 4.79 Å². The lowest BCUT2D eigenvalue weighted by molar-refractivity contribution is 0.174. The summed E-state index contributed by atoms with van der Waals surface area (Å²) in [6.45, 7) is 2.49. The molecule has 0 bridgehead atoms. The fourth-order valence-electron chi connectivity index (χ4n) is 2.74. The number of hydrogen-bond donors (Lipinski definition) is 1. The number of nitrogens with zero attached hydrogens (tertiary/aromatic N) is 2. The molecule has 1 fully saturated rings. The average Bonchev–Trinajstić information content (AvgIpc) is 2.54. The van der Waals surface area contributed by atoms with Gasteiger partial charge >= 0.3 is 6.03 Å². The van der Waals surface area contributed by atoms with Crippen LogP contribution in [-0.2, 0) is 0 Å². The van der Waals surface area contributed by atoms with Crippen LogP contribution in [0.2, 0.25) is 0 Å². The fraction of sp³-hybridized carbons (Fsp3) is 0.500. The lowest BCUT2D eigenvalue weighted by Crippen LogP contribution is -2.47. The normalized spacial score (nSPS) is 19.3. The van der Waals surface area contributed by atoms with Gasteiger partial charge in [-0.1, -0.05) is 48.9 Å². The smallest absolute Gasteiger partial charge is 0.317 e. The summed E-state index contributed by atoms with van der Waals surface area (Å²) in [4.78, 5) is 16.2. The van der Waals surface area contributed by atoms with E-state index in [0.717, 1.165) is 18.7 Å². The van der Waals surface area contributed by atoms with Gasteiger partial charge in [-0.25, -0.2) is 4.79 Å². The van der Waals surface area contributed by atoms with Crippen LogP contribution in [0.5, 0.6) is 0 Å².